The molecular weight excluding hydrogens is 306 g/mol. The fraction of sp³-hybridized carbons (Fsp3) is 0.0769. The number of amides is 2. The molecule has 0 aliphatic carbocycles. The maximum absolute atomic E-state index is 11.9. The van der Waals surface area contributed by atoms with Crippen molar-refractivity contribution in [3.05, 3.63) is 30.0 Å². The van der Waals surface area contributed by atoms with Crippen LogP contribution < -0.4 is 25.8 Å². The summed E-state index contributed by atoms with van der Waals surface area (Å²) in [5.74, 6) is -0.499. The number of carbonyl (C=O) groups is 2. The van der Waals surface area contributed by atoms with Gasteiger partial charge in [0.25, 0.3) is 0 Å². The van der Waals surface area contributed by atoms with Crippen molar-refractivity contribution < 1.29 is 24.2 Å². The van der Waals surface area contributed by atoms with Gasteiger partial charge in [0.15, 0.2) is 11.5 Å². The van der Waals surface area contributed by atoms with Crippen LogP contribution in [0.5, 0.6) is 11.5 Å². The molecular formula is C13H11N5O5. The van der Waals surface area contributed by atoms with Crippen LogP contribution in [-0.4, -0.2) is 33.9 Å². The van der Waals surface area contributed by atoms with E-state index in [9.17, 15) is 9.59 Å². The summed E-state index contributed by atoms with van der Waals surface area (Å²) in [5.41, 5.74) is 5.71. The van der Waals surface area contributed by atoms with Crippen molar-refractivity contribution in [2.45, 2.75) is 0 Å². The van der Waals surface area contributed by atoms with Gasteiger partial charge in [-0.2, -0.15) is 4.98 Å². The predicted molar refractivity (Wildman–Crippen MR) is 78.6 cm³/mol. The van der Waals surface area contributed by atoms with Gasteiger partial charge in [-0.3, -0.25) is 5.32 Å². The molecule has 0 atom stereocenters. The van der Waals surface area contributed by atoms with Gasteiger partial charge in [-0.1, -0.05) is 0 Å². The van der Waals surface area contributed by atoms with Gasteiger partial charge in [-0.05, 0) is 12.1 Å². The number of carboxylic acids is 1. The van der Waals surface area contributed by atoms with Crippen LogP contribution in [0.2, 0.25) is 0 Å². The Morgan fingerprint density at radius 1 is 1.22 bits per heavy atom. The van der Waals surface area contributed by atoms with E-state index in [0.717, 1.165) is 6.20 Å². The fourth-order valence-electron chi connectivity index (χ4n) is 1.86. The maximum atomic E-state index is 11.9. The van der Waals surface area contributed by atoms with E-state index < -0.39 is 12.0 Å². The molecule has 0 saturated heterocycles. The summed E-state index contributed by atoms with van der Waals surface area (Å²) in [5, 5.41) is 13.7. The highest BCUT2D eigenvalue weighted by molar-refractivity contribution is 5.99. The van der Waals surface area contributed by atoms with E-state index in [2.05, 4.69) is 20.6 Å². The number of hydrogen-bond donors (Lipinski definition) is 4. The number of carboxylic acid groups (broad SMARTS) is 1. The van der Waals surface area contributed by atoms with Crippen LogP contribution in [0.1, 0.15) is 10.4 Å². The number of ether oxygens (including phenoxy) is 2. The zero-order valence-electron chi connectivity index (χ0n) is 11.6. The number of aromatic nitrogens is 2. The van der Waals surface area contributed by atoms with Crippen LogP contribution in [0.15, 0.2) is 24.4 Å². The number of nitrogens with zero attached hydrogens (tertiary/aromatic N) is 2. The van der Waals surface area contributed by atoms with E-state index in [1.165, 1.54) is 0 Å². The van der Waals surface area contributed by atoms with Crippen LogP contribution in [0.25, 0.3) is 0 Å². The zero-order chi connectivity index (χ0) is 16.4. The van der Waals surface area contributed by atoms with Crippen molar-refractivity contribution in [1.82, 2.24) is 9.97 Å². The van der Waals surface area contributed by atoms with Crippen molar-refractivity contribution in [2.75, 3.05) is 23.2 Å². The first-order chi connectivity index (χ1) is 11.0. The maximum Gasteiger partial charge on any atom is 0.341 e. The average Bonchev–Trinajstić information content (AvgIpc) is 2.94. The number of aromatic carboxylic acids is 1. The molecule has 0 unspecified atom stereocenters. The molecule has 2 aromatic rings. The quantitative estimate of drug-likeness (QED) is 0.658. The normalized spacial score (nSPS) is 11.8. The predicted octanol–water partition coefficient (Wildman–Crippen LogP) is 1.13. The van der Waals surface area contributed by atoms with E-state index in [1.54, 1.807) is 18.2 Å². The largest absolute Gasteiger partial charge is 0.477 e. The molecule has 118 valence electrons. The summed E-state index contributed by atoms with van der Waals surface area (Å²) < 4.78 is 10.4. The molecule has 3 rings (SSSR count). The number of rotatable bonds is 3. The Bertz CT molecular complexity index is 794. The molecule has 23 heavy (non-hydrogen) atoms. The summed E-state index contributed by atoms with van der Waals surface area (Å²) in [6.45, 7) is 0.133. The Labute approximate surface area is 129 Å². The molecule has 2 heterocycles. The topological polar surface area (TPSA) is 149 Å². The summed E-state index contributed by atoms with van der Waals surface area (Å²) in [4.78, 5) is 30.1. The first-order valence-corrected chi connectivity index (χ1v) is 6.36. The van der Waals surface area contributed by atoms with Gasteiger partial charge in [0.1, 0.15) is 11.4 Å². The number of urea groups is 1. The lowest BCUT2D eigenvalue weighted by Gasteiger charge is -2.08. The van der Waals surface area contributed by atoms with Crippen LogP contribution in [0.3, 0.4) is 0 Å². The third-order valence-electron chi connectivity index (χ3n) is 2.90. The molecule has 0 spiro atoms. The highest BCUT2D eigenvalue weighted by Gasteiger charge is 2.15. The Balaban J connectivity index is 1.67. The zero-order valence-corrected chi connectivity index (χ0v) is 11.6. The summed E-state index contributed by atoms with van der Waals surface area (Å²) in [6.07, 6.45) is 1.01. The van der Waals surface area contributed by atoms with Crippen molar-refractivity contribution >= 4 is 29.5 Å². The van der Waals surface area contributed by atoms with Gasteiger partial charge in [-0.25, -0.2) is 14.6 Å². The number of nitrogens with two attached hydrogens (primary N) is 1. The molecule has 10 nitrogen and oxygen atoms in total. The van der Waals surface area contributed by atoms with Gasteiger partial charge in [0.2, 0.25) is 12.7 Å². The second kappa shape index (κ2) is 5.67. The van der Waals surface area contributed by atoms with Gasteiger partial charge in [0.05, 0.1) is 0 Å². The minimum atomic E-state index is -1.25. The van der Waals surface area contributed by atoms with Gasteiger partial charge in [0, 0.05) is 18.0 Å². The SMILES string of the molecule is Nc1nc(NC(=O)Nc2ccc3c(c2)OCO3)ncc1C(=O)O. The van der Waals surface area contributed by atoms with E-state index in [4.69, 9.17) is 20.3 Å². The summed E-state index contributed by atoms with van der Waals surface area (Å²) >= 11 is 0. The standard InChI is InChI=1S/C13H11N5O5/c14-10-7(11(19)20)4-15-12(17-10)18-13(21)16-6-1-2-8-9(3-6)23-5-22-8/h1-4H,5H2,(H,19,20)(H4,14,15,16,17,18,21). The third kappa shape index (κ3) is 3.05. The summed E-state index contributed by atoms with van der Waals surface area (Å²) in [7, 11) is 0. The van der Waals surface area contributed by atoms with Crippen molar-refractivity contribution in [2.24, 2.45) is 0 Å². The van der Waals surface area contributed by atoms with E-state index in [-0.39, 0.29) is 24.1 Å². The molecule has 2 amide bonds. The van der Waals surface area contributed by atoms with Crippen LogP contribution in [0.4, 0.5) is 22.2 Å². The molecule has 1 aromatic carbocycles. The number of hydrogen-bond acceptors (Lipinski definition) is 7. The summed E-state index contributed by atoms with van der Waals surface area (Å²) in [6, 6.07) is 4.28. The van der Waals surface area contributed by atoms with Crippen molar-refractivity contribution in [3.63, 3.8) is 0 Å². The number of nitrogens with one attached hydrogen (secondary N) is 2. The monoisotopic (exact) mass is 317 g/mol. The first kappa shape index (κ1) is 14.4. The fourth-order valence-corrected chi connectivity index (χ4v) is 1.86. The Morgan fingerprint density at radius 3 is 2.74 bits per heavy atom. The van der Waals surface area contributed by atoms with E-state index in [1.807, 2.05) is 0 Å². The Kier molecular flexibility index (Phi) is 3.55. The molecule has 0 bridgehead atoms. The Morgan fingerprint density at radius 2 is 2.00 bits per heavy atom. The second-order valence-corrected chi connectivity index (χ2v) is 4.44. The van der Waals surface area contributed by atoms with Gasteiger partial charge >= 0.3 is 12.0 Å². The molecule has 0 fully saturated rings. The molecule has 1 aromatic heterocycles. The average molecular weight is 317 g/mol. The molecule has 0 saturated carbocycles. The van der Waals surface area contributed by atoms with Crippen LogP contribution in [0, 0.1) is 0 Å². The highest BCUT2D eigenvalue weighted by atomic mass is 16.7. The highest BCUT2D eigenvalue weighted by Crippen LogP contribution is 2.34. The number of nitrogen functional groups attached to an aromatic ring is 1. The van der Waals surface area contributed by atoms with Crippen molar-refractivity contribution in [3.8, 4) is 11.5 Å². The second-order valence-electron chi connectivity index (χ2n) is 4.44. The number of fused-ring (bicyclic) bond motifs is 1. The van der Waals surface area contributed by atoms with Gasteiger partial charge < -0.3 is 25.6 Å². The molecule has 0 radical (unpaired) electrons. The minimum absolute atomic E-state index is 0.120. The Hall–Kier alpha value is -3.56. The first-order valence-electron chi connectivity index (χ1n) is 6.36. The minimum Gasteiger partial charge on any atom is -0.477 e. The number of anilines is 3. The van der Waals surface area contributed by atoms with E-state index >= 15 is 0 Å². The van der Waals surface area contributed by atoms with Crippen molar-refractivity contribution in [1.29, 1.82) is 0 Å². The lowest BCUT2D eigenvalue weighted by atomic mass is 10.3. The van der Waals surface area contributed by atoms with E-state index in [0.29, 0.717) is 17.2 Å². The molecule has 10 heteroatoms. The third-order valence-corrected chi connectivity index (χ3v) is 2.90. The van der Waals surface area contributed by atoms with Crippen LogP contribution >= 0.6 is 0 Å². The molecule has 1 aliphatic heterocycles. The smallest absolute Gasteiger partial charge is 0.341 e. The molecule has 1 aliphatic rings. The van der Waals surface area contributed by atoms with Crippen LogP contribution in [-0.2, 0) is 0 Å². The number of carbonyl (C=O) groups excluding carboxylic acids is 1. The van der Waals surface area contributed by atoms with Gasteiger partial charge in [-0.15, -0.1) is 0 Å². The molecule has 5 N–H and O–H groups in total. The lowest BCUT2D eigenvalue weighted by Crippen LogP contribution is -2.21. The number of benzene rings is 1. The lowest BCUT2D eigenvalue weighted by molar-refractivity contribution is 0.0697.